The number of hydrogen-bond acceptors (Lipinski definition) is 2. The molecule has 0 aromatic carbocycles. The number of pyridine rings is 1. The van der Waals surface area contributed by atoms with Gasteiger partial charge in [0.25, 0.3) is 0 Å². The second kappa shape index (κ2) is 3.85. The number of nitrogens with zero attached hydrogens (tertiary/aromatic N) is 3. The van der Waals surface area contributed by atoms with Gasteiger partial charge >= 0.3 is 0 Å². The van der Waals surface area contributed by atoms with E-state index in [1.54, 1.807) is 6.33 Å². The van der Waals surface area contributed by atoms with E-state index >= 15 is 0 Å². The van der Waals surface area contributed by atoms with Gasteiger partial charge < -0.3 is 4.57 Å². The van der Waals surface area contributed by atoms with E-state index < -0.39 is 0 Å². The van der Waals surface area contributed by atoms with Gasteiger partial charge in [0, 0.05) is 25.0 Å². The largest absolute Gasteiger partial charge is 0.334 e. The Morgan fingerprint density at radius 2 is 1.93 bits per heavy atom. The zero-order valence-electron chi connectivity index (χ0n) is 9.31. The van der Waals surface area contributed by atoms with Gasteiger partial charge in [0.2, 0.25) is 0 Å². The van der Waals surface area contributed by atoms with Crippen molar-refractivity contribution in [2.75, 3.05) is 0 Å². The maximum absolute atomic E-state index is 4.26. The lowest BCUT2D eigenvalue weighted by atomic mass is 10.0. The van der Waals surface area contributed by atoms with Crippen LogP contribution in [0.5, 0.6) is 0 Å². The SMILES string of the molecule is CC(C)c1cncc(-c2cncn2C)c1. The van der Waals surface area contributed by atoms with E-state index in [0.717, 1.165) is 11.3 Å². The Balaban J connectivity index is 2.46. The van der Waals surface area contributed by atoms with Crippen molar-refractivity contribution in [1.29, 1.82) is 0 Å². The quantitative estimate of drug-likeness (QED) is 0.747. The monoisotopic (exact) mass is 201 g/mol. The van der Waals surface area contributed by atoms with Gasteiger partial charge in [0.05, 0.1) is 18.2 Å². The lowest BCUT2D eigenvalue weighted by Gasteiger charge is -2.07. The van der Waals surface area contributed by atoms with Crippen LogP contribution in [0.15, 0.2) is 31.0 Å². The highest BCUT2D eigenvalue weighted by atomic mass is 15.0. The first-order valence-electron chi connectivity index (χ1n) is 5.10. The summed E-state index contributed by atoms with van der Waals surface area (Å²) in [4.78, 5) is 8.37. The van der Waals surface area contributed by atoms with Crippen LogP contribution in [-0.2, 0) is 7.05 Å². The molecule has 0 saturated heterocycles. The van der Waals surface area contributed by atoms with Crippen molar-refractivity contribution >= 4 is 0 Å². The van der Waals surface area contributed by atoms with Gasteiger partial charge in [0.15, 0.2) is 0 Å². The molecule has 0 spiro atoms. The summed E-state index contributed by atoms with van der Waals surface area (Å²) >= 11 is 0. The minimum atomic E-state index is 0.505. The lowest BCUT2D eigenvalue weighted by molar-refractivity contribution is 0.856. The Labute approximate surface area is 89.8 Å². The zero-order chi connectivity index (χ0) is 10.8. The van der Waals surface area contributed by atoms with Crippen LogP contribution in [0.25, 0.3) is 11.3 Å². The fourth-order valence-electron chi connectivity index (χ4n) is 1.55. The van der Waals surface area contributed by atoms with E-state index in [-0.39, 0.29) is 0 Å². The Hall–Kier alpha value is -1.64. The van der Waals surface area contributed by atoms with Crippen LogP contribution in [0.3, 0.4) is 0 Å². The van der Waals surface area contributed by atoms with Crippen molar-refractivity contribution in [3.63, 3.8) is 0 Å². The topological polar surface area (TPSA) is 30.7 Å². The molecule has 0 aliphatic heterocycles. The minimum Gasteiger partial charge on any atom is -0.334 e. The van der Waals surface area contributed by atoms with Crippen molar-refractivity contribution in [3.8, 4) is 11.3 Å². The maximum atomic E-state index is 4.26. The van der Waals surface area contributed by atoms with Crippen LogP contribution in [0, 0.1) is 0 Å². The van der Waals surface area contributed by atoms with Crippen LogP contribution in [0.2, 0.25) is 0 Å². The molecule has 0 fully saturated rings. The van der Waals surface area contributed by atoms with Crippen LogP contribution in [-0.4, -0.2) is 14.5 Å². The van der Waals surface area contributed by atoms with Crippen molar-refractivity contribution < 1.29 is 0 Å². The van der Waals surface area contributed by atoms with Crippen LogP contribution in [0.4, 0.5) is 0 Å². The van der Waals surface area contributed by atoms with E-state index in [0.29, 0.717) is 5.92 Å². The fraction of sp³-hybridized carbons (Fsp3) is 0.333. The van der Waals surface area contributed by atoms with Crippen molar-refractivity contribution in [1.82, 2.24) is 14.5 Å². The Bertz CT molecular complexity index is 457. The normalized spacial score (nSPS) is 10.9. The summed E-state index contributed by atoms with van der Waals surface area (Å²) in [6.45, 7) is 4.34. The van der Waals surface area contributed by atoms with Gasteiger partial charge in [-0.3, -0.25) is 4.98 Å². The predicted octanol–water partition coefficient (Wildman–Crippen LogP) is 2.61. The zero-order valence-corrected chi connectivity index (χ0v) is 9.31. The van der Waals surface area contributed by atoms with Crippen LogP contribution < -0.4 is 0 Å². The summed E-state index contributed by atoms with van der Waals surface area (Å²) in [6, 6.07) is 2.18. The number of aryl methyl sites for hydroxylation is 1. The van der Waals surface area contributed by atoms with Gasteiger partial charge in [-0.15, -0.1) is 0 Å². The third-order valence-corrected chi connectivity index (χ3v) is 2.54. The molecule has 0 atom stereocenters. The molecule has 0 aliphatic carbocycles. The van der Waals surface area contributed by atoms with Gasteiger partial charge in [-0.2, -0.15) is 0 Å². The molecule has 0 unspecified atom stereocenters. The first-order valence-corrected chi connectivity index (χ1v) is 5.10. The Morgan fingerprint density at radius 3 is 2.53 bits per heavy atom. The van der Waals surface area contributed by atoms with E-state index in [1.807, 2.05) is 30.2 Å². The molecule has 0 amide bonds. The summed E-state index contributed by atoms with van der Waals surface area (Å²) in [7, 11) is 1.99. The molecule has 2 aromatic heterocycles. The summed E-state index contributed by atoms with van der Waals surface area (Å²) in [5, 5.41) is 0. The number of hydrogen-bond donors (Lipinski definition) is 0. The molecular weight excluding hydrogens is 186 g/mol. The highest BCUT2D eigenvalue weighted by molar-refractivity contribution is 5.58. The summed E-state index contributed by atoms with van der Waals surface area (Å²) in [5.41, 5.74) is 3.49. The molecule has 0 aliphatic rings. The lowest BCUT2D eigenvalue weighted by Crippen LogP contribution is -1.93. The van der Waals surface area contributed by atoms with E-state index in [1.165, 1.54) is 5.56 Å². The maximum Gasteiger partial charge on any atom is 0.0948 e. The molecule has 0 saturated carbocycles. The molecule has 78 valence electrons. The molecule has 3 heteroatoms. The molecule has 0 radical (unpaired) electrons. The molecular formula is C12H15N3. The van der Waals surface area contributed by atoms with Gasteiger partial charge in [-0.1, -0.05) is 13.8 Å². The van der Waals surface area contributed by atoms with E-state index in [4.69, 9.17) is 0 Å². The molecule has 2 rings (SSSR count). The van der Waals surface area contributed by atoms with Crippen molar-refractivity contribution in [3.05, 3.63) is 36.5 Å². The van der Waals surface area contributed by atoms with Gasteiger partial charge in [-0.05, 0) is 17.5 Å². The Morgan fingerprint density at radius 1 is 1.13 bits per heavy atom. The second-order valence-corrected chi connectivity index (χ2v) is 4.05. The molecule has 0 N–H and O–H groups in total. The number of rotatable bonds is 2. The summed E-state index contributed by atoms with van der Waals surface area (Å²) in [5.74, 6) is 0.505. The van der Waals surface area contributed by atoms with Gasteiger partial charge in [-0.25, -0.2) is 4.98 Å². The average Bonchev–Trinajstić information content (AvgIpc) is 2.64. The summed E-state index contributed by atoms with van der Waals surface area (Å²) in [6.07, 6.45) is 7.46. The molecule has 15 heavy (non-hydrogen) atoms. The number of imidazole rings is 1. The Kier molecular flexibility index (Phi) is 2.54. The van der Waals surface area contributed by atoms with Crippen LogP contribution in [0.1, 0.15) is 25.3 Å². The minimum absolute atomic E-state index is 0.505. The fourth-order valence-corrected chi connectivity index (χ4v) is 1.55. The average molecular weight is 201 g/mol. The number of aromatic nitrogens is 3. The molecule has 0 bridgehead atoms. The second-order valence-electron chi connectivity index (χ2n) is 4.05. The predicted molar refractivity (Wildman–Crippen MR) is 60.5 cm³/mol. The molecule has 2 aromatic rings. The molecule has 3 nitrogen and oxygen atoms in total. The third-order valence-electron chi connectivity index (χ3n) is 2.54. The van der Waals surface area contributed by atoms with Crippen molar-refractivity contribution in [2.24, 2.45) is 7.05 Å². The van der Waals surface area contributed by atoms with Gasteiger partial charge in [0.1, 0.15) is 0 Å². The van der Waals surface area contributed by atoms with Crippen molar-refractivity contribution in [2.45, 2.75) is 19.8 Å². The third kappa shape index (κ3) is 1.91. The first-order chi connectivity index (χ1) is 7.18. The highest BCUT2D eigenvalue weighted by Gasteiger charge is 2.05. The van der Waals surface area contributed by atoms with Crippen LogP contribution >= 0.6 is 0 Å². The molecule has 2 heterocycles. The highest BCUT2D eigenvalue weighted by Crippen LogP contribution is 2.21. The smallest absolute Gasteiger partial charge is 0.0948 e. The van der Waals surface area contributed by atoms with E-state index in [2.05, 4.69) is 29.9 Å². The first kappa shape index (κ1) is 9.90. The summed E-state index contributed by atoms with van der Waals surface area (Å²) < 4.78 is 2.00. The van der Waals surface area contributed by atoms with E-state index in [9.17, 15) is 0 Å². The standard InChI is InChI=1S/C12H15N3/c1-9(2)10-4-11(6-13-5-10)12-7-14-8-15(12)3/h4-9H,1-3H3.